The van der Waals surface area contributed by atoms with Crippen molar-refractivity contribution < 1.29 is 13.9 Å². The Labute approximate surface area is 155 Å². The van der Waals surface area contributed by atoms with Gasteiger partial charge in [0.25, 0.3) is 0 Å². The van der Waals surface area contributed by atoms with Crippen molar-refractivity contribution in [3.8, 4) is 0 Å². The van der Waals surface area contributed by atoms with Gasteiger partial charge in [0.1, 0.15) is 11.7 Å². The lowest BCUT2D eigenvalue weighted by molar-refractivity contribution is 0.109. The second kappa shape index (κ2) is 8.83. The van der Waals surface area contributed by atoms with Crippen LogP contribution in [0.3, 0.4) is 0 Å². The first kappa shape index (κ1) is 21.7. The van der Waals surface area contributed by atoms with Gasteiger partial charge in [0, 0.05) is 18.3 Å². The van der Waals surface area contributed by atoms with Crippen LogP contribution in [0.1, 0.15) is 45.7 Å². The number of carbonyl (C=O) groups is 1. The molecule has 0 radical (unpaired) electrons. The predicted molar refractivity (Wildman–Crippen MR) is 105 cm³/mol. The number of rotatable bonds is 5. The number of aliphatic imine (C=N–C) groups is 1. The number of nitrogens with one attached hydrogen (secondary N) is 2. The Hall–Kier alpha value is -2.37. The lowest BCUT2D eigenvalue weighted by atomic mass is 9.85. The summed E-state index contributed by atoms with van der Waals surface area (Å²) in [5.74, 6) is 0.182. The first-order valence-electron chi connectivity index (χ1n) is 8.62. The summed E-state index contributed by atoms with van der Waals surface area (Å²) in [5.41, 5.74) is 1.72. The van der Waals surface area contributed by atoms with Crippen molar-refractivity contribution in [1.29, 1.82) is 0 Å². The van der Waals surface area contributed by atoms with Gasteiger partial charge in [-0.05, 0) is 43.9 Å². The van der Waals surface area contributed by atoms with Gasteiger partial charge < -0.3 is 15.4 Å². The molecular weight excluding hydrogens is 333 g/mol. The highest BCUT2D eigenvalue weighted by atomic mass is 19.1. The van der Waals surface area contributed by atoms with Crippen LogP contribution in [0.25, 0.3) is 5.70 Å². The van der Waals surface area contributed by atoms with E-state index in [9.17, 15) is 9.18 Å². The summed E-state index contributed by atoms with van der Waals surface area (Å²) in [6.07, 6.45) is -0.745. The van der Waals surface area contributed by atoms with Crippen molar-refractivity contribution in [2.75, 3.05) is 7.05 Å². The van der Waals surface area contributed by atoms with Gasteiger partial charge in [-0.15, -0.1) is 0 Å². The van der Waals surface area contributed by atoms with Crippen LogP contribution in [-0.4, -0.2) is 31.1 Å². The van der Waals surface area contributed by atoms with Crippen molar-refractivity contribution >= 4 is 17.6 Å². The minimum atomic E-state index is -0.518. The summed E-state index contributed by atoms with van der Waals surface area (Å²) in [4.78, 5) is 16.4. The average molecular weight is 363 g/mol. The number of benzene rings is 1. The number of aryl methyl sites for hydroxylation is 1. The van der Waals surface area contributed by atoms with Gasteiger partial charge in [-0.2, -0.15) is 0 Å². The highest BCUT2D eigenvalue weighted by Crippen LogP contribution is 2.22. The molecule has 0 aliphatic rings. The molecular formula is C20H30FN3O2. The van der Waals surface area contributed by atoms with Crippen LogP contribution in [0.2, 0.25) is 0 Å². The van der Waals surface area contributed by atoms with Crippen LogP contribution < -0.4 is 10.6 Å². The molecule has 1 atom stereocenters. The fourth-order valence-corrected chi connectivity index (χ4v) is 2.46. The molecule has 144 valence electrons. The quantitative estimate of drug-likeness (QED) is 0.606. The first-order valence-corrected chi connectivity index (χ1v) is 8.62. The number of hydrogen-bond acceptors (Lipinski definition) is 3. The highest BCUT2D eigenvalue weighted by Gasteiger charge is 2.32. The third kappa shape index (κ3) is 6.17. The van der Waals surface area contributed by atoms with Crippen molar-refractivity contribution in [2.24, 2.45) is 10.4 Å². The molecule has 1 aromatic rings. The van der Waals surface area contributed by atoms with Gasteiger partial charge in [-0.3, -0.25) is 4.99 Å². The molecule has 0 bridgehead atoms. The Kier molecular flexibility index (Phi) is 7.36. The van der Waals surface area contributed by atoms with E-state index < -0.39 is 12.1 Å². The van der Waals surface area contributed by atoms with E-state index >= 15 is 0 Å². The fraction of sp³-hybridized carbons (Fsp3) is 0.500. The van der Waals surface area contributed by atoms with Gasteiger partial charge in [0.15, 0.2) is 0 Å². The summed E-state index contributed by atoms with van der Waals surface area (Å²) in [7, 11) is 1.63. The maximum absolute atomic E-state index is 13.6. The molecule has 0 aliphatic heterocycles. The van der Waals surface area contributed by atoms with E-state index in [0.717, 1.165) is 5.56 Å². The molecule has 1 rings (SSSR count). The number of amidine groups is 1. The third-order valence-corrected chi connectivity index (χ3v) is 3.79. The van der Waals surface area contributed by atoms with Gasteiger partial charge in [0.2, 0.25) is 0 Å². The smallest absolute Gasteiger partial charge is 0.407 e. The molecule has 0 aromatic heterocycles. The predicted octanol–water partition coefficient (Wildman–Crippen LogP) is 4.27. The Morgan fingerprint density at radius 2 is 1.92 bits per heavy atom. The third-order valence-electron chi connectivity index (χ3n) is 3.79. The summed E-state index contributed by atoms with van der Waals surface area (Å²) in [5, 5.41) is 5.99. The summed E-state index contributed by atoms with van der Waals surface area (Å²) < 4.78 is 18.8. The monoisotopic (exact) mass is 363 g/mol. The van der Waals surface area contributed by atoms with E-state index in [1.807, 2.05) is 27.7 Å². The average Bonchev–Trinajstić information content (AvgIpc) is 2.51. The molecule has 1 unspecified atom stereocenters. The van der Waals surface area contributed by atoms with Gasteiger partial charge >= 0.3 is 6.09 Å². The Morgan fingerprint density at radius 3 is 2.42 bits per heavy atom. The molecule has 0 saturated heterocycles. The number of nitrogens with zero attached hydrogens (tertiary/aromatic N) is 1. The first-order chi connectivity index (χ1) is 12.0. The van der Waals surface area contributed by atoms with Crippen molar-refractivity contribution in [3.05, 3.63) is 41.7 Å². The molecule has 0 spiro atoms. The molecule has 0 saturated carbocycles. The molecule has 6 heteroatoms. The standard InChI is InChI=1S/C20H30FN3O2/c1-12(2)26-19(25)24-17(20(5,6)7)18(22-8)23-14(4)16-11-15(21)10-9-13(16)3/h9-12,17H,4H2,1-3,5-8H3,(H,22,23)(H,24,25). The molecule has 26 heavy (non-hydrogen) atoms. The van der Waals surface area contributed by atoms with Crippen LogP contribution in [-0.2, 0) is 4.74 Å². The normalized spacial score (nSPS) is 13.3. The molecule has 0 heterocycles. The largest absolute Gasteiger partial charge is 0.447 e. The maximum atomic E-state index is 13.6. The zero-order valence-corrected chi connectivity index (χ0v) is 16.7. The lowest BCUT2D eigenvalue weighted by Crippen LogP contribution is -2.53. The minimum absolute atomic E-state index is 0.226. The van der Waals surface area contributed by atoms with Gasteiger partial charge in [-0.1, -0.05) is 33.4 Å². The Bertz CT molecular complexity index is 691. The van der Waals surface area contributed by atoms with Gasteiger partial charge in [0.05, 0.1) is 12.1 Å². The fourth-order valence-electron chi connectivity index (χ4n) is 2.46. The van der Waals surface area contributed by atoms with Crippen LogP contribution >= 0.6 is 0 Å². The van der Waals surface area contributed by atoms with Crippen molar-refractivity contribution in [1.82, 2.24) is 10.6 Å². The molecule has 0 aliphatic carbocycles. The van der Waals surface area contributed by atoms with Crippen LogP contribution in [0.15, 0.2) is 29.8 Å². The lowest BCUT2D eigenvalue weighted by Gasteiger charge is -2.33. The highest BCUT2D eigenvalue weighted by molar-refractivity contribution is 5.96. The van der Waals surface area contributed by atoms with Crippen LogP contribution in [0, 0.1) is 18.2 Å². The van der Waals surface area contributed by atoms with E-state index in [1.54, 1.807) is 27.0 Å². The minimum Gasteiger partial charge on any atom is -0.447 e. The molecule has 0 fully saturated rings. The van der Waals surface area contributed by atoms with E-state index in [1.165, 1.54) is 12.1 Å². The Morgan fingerprint density at radius 1 is 1.31 bits per heavy atom. The second-order valence-electron chi connectivity index (χ2n) is 7.57. The van der Waals surface area contributed by atoms with Crippen molar-refractivity contribution in [3.63, 3.8) is 0 Å². The maximum Gasteiger partial charge on any atom is 0.407 e. The van der Waals surface area contributed by atoms with Gasteiger partial charge in [-0.25, -0.2) is 9.18 Å². The molecule has 2 N–H and O–H groups in total. The number of amides is 1. The Balaban J connectivity index is 3.06. The van der Waals surface area contributed by atoms with E-state index in [2.05, 4.69) is 22.2 Å². The summed E-state index contributed by atoms with van der Waals surface area (Å²) in [6.45, 7) is 15.4. The summed E-state index contributed by atoms with van der Waals surface area (Å²) >= 11 is 0. The molecule has 1 amide bonds. The molecule has 5 nitrogen and oxygen atoms in total. The zero-order valence-electron chi connectivity index (χ0n) is 16.7. The second-order valence-corrected chi connectivity index (χ2v) is 7.57. The van der Waals surface area contributed by atoms with E-state index in [4.69, 9.17) is 4.74 Å². The van der Waals surface area contributed by atoms with E-state index in [0.29, 0.717) is 17.1 Å². The SMILES string of the molecule is C=C(NC(=NC)C(NC(=O)OC(C)C)C(C)(C)C)c1cc(F)ccc1C. The number of ether oxygens (including phenoxy) is 1. The van der Waals surface area contributed by atoms with Crippen LogP contribution in [0.4, 0.5) is 9.18 Å². The number of hydrogen-bond donors (Lipinski definition) is 2. The summed E-state index contributed by atoms with van der Waals surface area (Å²) in [6, 6.07) is 4.08. The van der Waals surface area contributed by atoms with E-state index in [-0.39, 0.29) is 17.3 Å². The number of carbonyl (C=O) groups excluding carboxylic acids is 1. The van der Waals surface area contributed by atoms with Crippen LogP contribution in [0.5, 0.6) is 0 Å². The van der Waals surface area contributed by atoms with Crippen molar-refractivity contribution in [2.45, 2.75) is 53.7 Å². The number of alkyl carbamates (subject to hydrolysis) is 1. The zero-order chi connectivity index (χ0) is 20.1. The topological polar surface area (TPSA) is 62.7 Å². The number of halogens is 1. The molecule has 1 aromatic carbocycles.